The number of aromatic nitrogens is 3. The minimum Gasteiger partial charge on any atom is -0.339 e. The van der Waals surface area contributed by atoms with Gasteiger partial charge in [-0.15, -0.1) is 0 Å². The highest BCUT2D eigenvalue weighted by Gasteiger charge is 2.14. The highest BCUT2D eigenvalue weighted by atomic mass is 16.5. The lowest BCUT2D eigenvalue weighted by atomic mass is 10.0. The molecule has 0 atom stereocenters. The lowest BCUT2D eigenvalue weighted by Crippen LogP contribution is -2.14. The van der Waals surface area contributed by atoms with Crippen LogP contribution < -0.4 is 5.32 Å². The molecule has 31 heavy (non-hydrogen) atoms. The third-order valence-electron chi connectivity index (χ3n) is 5.50. The van der Waals surface area contributed by atoms with Crippen LogP contribution in [0.15, 0.2) is 65.3 Å². The molecule has 1 N–H and O–H groups in total. The zero-order valence-corrected chi connectivity index (χ0v) is 18.2. The molecule has 5 heteroatoms. The number of hydrogen-bond donors (Lipinski definition) is 1. The molecule has 5 nitrogen and oxygen atoms in total. The molecular formula is C26H30N4O. The number of aryl methyl sites for hydroxylation is 2. The van der Waals surface area contributed by atoms with Gasteiger partial charge in [0.1, 0.15) is 0 Å². The predicted molar refractivity (Wildman–Crippen MR) is 125 cm³/mol. The number of unbranched alkanes of at least 4 members (excludes halogenated alkanes) is 2. The summed E-state index contributed by atoms with van der Waals surface area (Å²) in [6.07, 6.45) is 8.27. The zero-order valence-electron chi connectivity index (χ0n) is 18.2. The van der Waals surface area contributed by atoms with E-state index in [-0.39, 0.29) is 0 Å². The number of benzene rings is 2. The normalized spacial score (nSPS) is 11.3. The lowest BCUT2D eigenvalue weighted by molar-refractivity contribution is 0.374. The summed E-state index contributed by atoms with van der Waals surface area (Å²) in [6.45, 7) is 3.97. The third kappa shape index (κ3) is 5.56. The average Bonchev–Trinajstić information content (AvgIpc) is 3.28. The quantitative estimate of drug-likeness (QED) is 0.317. The molecule has 0 fully saturated rings. The molecule has 4 rings (SSSR count). The summed E-state index contributed by atoms with van der Waals surface area (Å²) in [4.78, 5) is 9.29. The Kier molecular flexibility index (Phi) is 7.40. The predicted octanol–water partition coefficient (Wildman–Crippen LogP) is 5.74. The summed E-state index contributed by atoms with van der Waals surface area (Å²) in [7, 11) is 0. The van der Waals surface area contributed by atoms with E-state index in [1.165, 1.54) is 17.5 Å². The van der Waals surface area contributed by atoms with E-state index in [1.54, 1.807) is 0 Å². The van der Waals surface area contributed by atoms with Crippen molar-refractivity contribution in [3.05, 3.63) is 77.8 Å². The van der Waals surface area contributed by atoms with Gasteiger partial charge in [0.15, 0.2) is 0 Å². The highest BCUT2D eigenvalue weighted by Crippen LogP contribution is 2.28. The summed E-state index contributed by atoms with van der Waals surface area (Å²) < 4.78 is 5.55. The van der Waals surface area contributed by atoms with Crippen LogP contribution in [-0.2, 0) is 19.4 Å². The Balaban J connectivity index is 1.38. The van der Waals surface area contributed by atoms with E-state index in [4.69, 9.17) is 4.52 Å². The van der Waals surface area contributed by atoms with Crippen molar-refractivity contribution in [2.24, 2.45) is 0 Å². The number of fused-ring (bicyclic) bond motifs is 1. The Bertz CT molecular complexity index is 1090. The summed E-state index contributed by atoms with van der Waals surface area (Å²) in [6, 6.07) is 18.9. The van der Waals surface area contributed by atoms with Crippen molar-refractivity contribution in [1.82, 2.24) is 20.4 Å². The summed E-state index contributed by atoms with van der Waals surface area (Å²) in [5, 5.41) is 8.78. The van der Waals surface area contributed by atoms with Gasteiger partial charge in [0.05, 0.1) is 5.52 Å². The van der Waals surface area contributed by atoms with E-state index >= 15 is 0 Å². The van der Waals surface area contributed by atoms with E-state index in [9.17, 15) is 0 Å². The first-order valence-electron chi connectivity index (χ1n) is 11.3. The van der Waals surface area contributed by atoms with Crippen LogP contribution in [0.1, 0.15) is 49.6 Å². The first-order chi connectivity index (χ1) is 15.3. The van der Waals surface area contributed by atoms with E-state index in [0.717, 1.165) is 61.7 Å². The van der Waals surface area contributed by atoms with Crippen LogP contribution in [0, 0.1) is 0 Å². The molecule has 0 spiro atoms. The second-order valence-corrected chi connectivity index (χ2v) is 7.91. The second-order valence-electron chi connectivity index (χ2n) is 7.91. The maximum Gasteiger partial charge on any atom is 0.226 e. The van der Waals surface area contributed by atoms with Gasteiger partial charge >= 0.3 is 0 Å². The van der Waals surface area contributed by atoms with Crippen LogP contribution in [0.4, 0.5) is 0 Å². The molecule has 2 aromatic heterocycles. The molecule has 0 saturated heterocycles. The van der Waals surface area contributed by atoms with Crippen molar-refractivity contribution in [2.45, 2.75) is 52.0 Å². The van der Waals surface area contributed by atoms with Gasteiger partial charge in [0.25, 0.3) is 0 Å². The van der Waals surface area contributed by atoms with Gasteiger partial charge in [0, 0.05) is 30.1 Å². The van der Waals surface area contributed by atoms with Crippen LogP contribution in [-0.4, -0.2) is 21.7 Å². The first-order valence-corrected chi connectivity index (χ1v) is 11.3. The van der Waals surface area contributed by atoms with Crippen LogP contribution in [0.5, 0.6) is 0 Å². The number of nitrogens with zero attached hydrogens (tertiary/aromatic N) is 3. The molecular weight excluding hydrogens is 384 g/mol. The molecule has 0 radical (unpaired) electrons. The van der Waals surface area contributed by atoms with Crippen molar-refractivity contribution < 1.29 is 4.52 Å². The number of rotatable bonds is 11. The monoisotopic (exact) mass is 414 g/mol. The Morgan fingerprint density at radius 3 is 2.65 bits per heavy atom. The molecule has 2 aromatic carbocycles. The molecule has 0 unspecified atom stereocenters. The molecule has 0 aliphatic heterocycles. The van der Waals surface area contributed by atoms with Gasteiger partial charge in [0.2, 0.25) is 11.7 Å². The summed E-state index contributed by atoms with van der Waals surface area (Å²) in [5.74, 6) is 1.35. The van der Waals surface area contributed by atoms with Crippen molar-refractivity contribution >= 4 is 10.9 Å². The number of hydrogen-bond acceptors (Lipinski definition) is 5. The summed E-state index contributed by atoms with van der Waals surface area (Å²) >= 11 is 0. The van der Waals surface area contributed by atoms with Gasteiger partial charge in [-0.05, 0) is 55.5 Å². The fraction of sp³-hybridized carbons (Fsp3) is 0.346. The summed E-state index contributed by atoms with van der Waals surface area (Å²) in [5.41, 5.74) is 4.56. The zero-order chi connectivity index (χ0) is 21.3. The standard InChI is InChI=1S/C26H30N4O/c1-2-17-27-19-21-15-16-23(22-13-9-18-28-25(21)22)26-29-24(31-30-26)14-8-4-7-12-20-10-5-3-6-11-20/h3,5-6,9-11,13,15-16,18,27H,2,4,7-8,12,14,17,19H2,1H3. The van der Waals surface area contributed by atoms with Gasteiger partial charge in [-0.2, -0.15) is 4.98 Å². The maximum atomic E-state index is 5.55. The van der Waals surface area contributed by atoms with Crippen molar-refractivity contribution in [3.63, 3.8) is 0 Å². The van der Waals surface area contributed by atoms with Crippen molar-refractivity contribution in [3.8, 4) is 11.4 Å². The minimum atomic E-state index is 0.644. The van der Waals surface area contributed by atoms with E-state index in [1.807, 2.05) is 12.3 Å². The Hall–Kier alpha value is -3.05. The third-order valence-corrected chi connectivity index (χ3v) is 5.50. The molecule has 4 aromatic rings. The molecule has 160 valence electrons. The largest absolute Gasteiger partial charge is 0.339 e. The van der Waals surface area contributed by atoms with Gasteiger partial charge in [-0.3, -0.25) is 4.98 Å². The molecule has 0 bridgehead atoms. The topological polar surface area (TPSA) is 63.8 Å². The molecule has 2 heterocycles. The van der Waals surface area contributed by atoms with Crippen molar-refractivity contribution in [1.29, 1.82) is 0 Å². The second kappa shape index (κ2) is 10.8. The Labute approximate surface area is 183 Å². The van der Waals surface area contributed by atoms with Crippen LogP contribution >= 0.6 is 0 Å². The minimum absolute atomic E-state index is 0.644. The molecule has 0 aliphatic carbocycles. The lowest BCUT2D eigenvalue weighted by Gasteiger charge is -2.09. The molecule has 0 saturated carbocycles. The van der Waals surface area contributed by atoms with E-state index in [0.29, 0.717) is 11.7 Å². The number of nitrogens with one attached hydrogen (secondary N) is 1. The smallest absolute Gasteiger partial charge is 0.226 e. The Morgan fingerprint density at radius 2 is 1.77 bits per heavy atom. The van der Waals surface area contributed by atoms with Crippen LogP contribution in [0.3, 0.4) is 0 Å². The highest BCUT2D eigenvalue weighted by molar-refractivity contribution is 5.94. The fourth-order valence-electron chi connectivity index (χ4n) is 3.86. The number of pyridine rings is 1. The van der Waals surface area contributed by atoms with Gasteiger partial charge in [-0.1, -0.05) is 61.0 Å². The van der Waals surface area contributed by atoms with E-state index < -0.39 is 0 Å². The fourth-order valence-corrected chi connectivity index (χ4v) is 3.86. The maximum absolute atomic E-state index is 5.55. The molecule has 0 aliphatic rings. The SMILES string of the molecule is CCCNCc1ccc(-c2noc(CCCCCc3ccccc3)n2)c2cccnc12. The van der Waals surface area contributed by atoms with Crippen LogP contribution in [0.2, 0.25) is 0 Å². The Morgan fingerprint density at radius 1 is 0.903 bits per heavy atom. The molecule has 0 amide bonds. The van der Waals surface area contributed by atoms with Gasteiger partial charge in [-0.25, -0.2) is 0 Å². The van der Waals surface area contributed by atoms with Gasteiger partial charge < -0.3 is 9.84 Å². The van der Waals surface area contributed by atoms with Crippen LogP contribution in [0.25, 0.3) is 22.3 Å². The first kappa shape index (κ1) is 21.2. The van der Waals surface area contributed by atoms with Crippen molar-refractivity contribution in [2.75, 3.05) is 6.54 Å². The average molecular weight is 415 g/mol. The van der Waals surface area contributed by atoms with E-state index in [2.05, 4.69) is 75.9 Å².